The summed E-state index contributed by atoms with van der Waals surface area (Å²) >= 11 is 0. The summed E-state index contributed by atoms with van der Waals surface area (Å²) in [5, 5.41) is 0. The maximum Gasteiger partial charge on any atom is 0.00601 e. The molecule has 104 valence electrons. The van der Waals surface area contributed by atoms with Crippen molar-refractivity contribution in [2.75, 3.05) is 0 Å². The fourth-order valence-corrected chi connectivity index (χ4v) is 3.14. The van der Waals surface area contributed by atoms with Crippen molar-refractivity contribution < 1.29 is 0 Å². The zero-order valence-corrected chi connectivity index (χ0v) is 13.2. The van der Waals surface area contributed by atoms with Gasteiger partial charge in [0.25, 0.3) is 0 Å². The van der Waals surface area contributed by atoms with E-state index in [1.165, 1.54) is 30.4 Å². The minimum Gasteiger partial charge on any atom is -0.0654 e. The molecule has 0 amide bonds. The minimum absolute atomic E-state index is 0.625. The summed E-state index contributed by atoms with van der Waals surface area (Å²) in [4.78, 5) is 0. The highest BCUT2D eigenvalue weighted by molar-refractivity contribution is 5.67. The SMILES string of the molecule is CCCCC1C(C(C)C)=Cc2ccc(C(C)C)cc21. The Hall–Kier alpha value is -1.04. The van der Waals surface area contributed by atoms with Crippen molar-refractivity contribution in [2.24, 2.45) is 5.92 Å². The van der Waals surface area contributed by atoms with Gasteiger partial charge < -0.3 is 0 Å². The Morgan fingerprint density at radius 3 is 2.37 bits per heavy atom. The van der Waals surface area contributed by atoms with Crippen LogP contribution < -0.4 is 0 Å². The lowest BCUT2D eigenvalue weighted by Gasteiger charge is -2.20. The smallest absolute Gasteiger partial charge is 0.00601 e. The van der Waals surface area contributed by atoms with Crippen LogP contribution in [-0.4, -0.2) is 0 Å². The van der Waals surface area contributed by atoms with Gasteiger partial charge in [0.1, 0.15) is 0 Å². The van der Waals surface area contributed by atoms with Crippen LogP contribution in [0.25, 0.3) is 6.08 Å². The van der Waals surface area contributed by atoms with E-state index in [4.69, 9.17) is 0 Å². The predicted molar refractivity (Wildman–Crippen MR) is 85.6 cm³/mol. The number of rotatable bonds is 5. The Morgan fingerprint density at radius 2 is 1.79 bits per heavy atom. The second-order valence-corrected chi connectivity index (χ2v) is 6.54. The van der Waals surface area contributed by atoms with Crippen molar-refractivity contribution in [1.82, 2.24) is 0 Å². The molecule has 0 saturated carbocycles. The van der Waals surface area contributed by atoms with Crippen LogP contribution in [0, 0.1) is 5.92 Å². The third-order valence-electron chi connectivity index (χ3n) is 4.39. The Labute approximate surface area is 118 Å². The van der Waals surface area contributed by atoms with Crippen LogP contribution >= 0.6 is 0 Å². The highest BCUT2D eigenvalue weighted by Gasteiger charge is 2.26. The van der Waals surface area contributed by atoms with Gasteiger partial charge in [0.15, 0.2) is 0 Å². The van der Waals surface area contributed by atoms with E-state index in [1.807, 2.05) is 0 Å². The summed E-state index contributed by atoms with van der Waals surface area (Å²) in [5.41, 5.74) is 6.18. The highest BCUT2D eigenvalue weighted by Crippen LogP contribution is 2.43. The van der Waals surface area contributed by atoms with E-state index in [1.54, 1.807) is 11.1 Å². The monoisotopic (exact) mass is 256 g/mol. The highest BCUT2D eigenvalue weighted by atomic mass is 14.3. The first-order valence-electron chi connectivity index (χ1n) is 7.89. The minimum atomic E-state index is 0.625. The molecule has 0 nitrogen and oxygen atoms in total. The molecule has 0 bridgehead atoms. The van der Waals surface area contributed by atoms with Gasteiger partial charge in [-0.25, -0.2) is 0 Å². The van der Waals surface area contributed by atoms with Crippen LogP contribution in [0.2, 0.25) is 0 Å². The average Bonchev–Trinajstić information content (AvgIpc) is 2.74. The second kappa shape index (κ2) is 5.94. The lowest BCUT2D eigenvalue weighted by Crippen LogP contribution is -2.05. The molecule has 0 heteroatoms. The fourth-order valence-electron chi connectivity index (χ4n) is 3.14. The molecule has 2 rings (SSSR count). The van der Waals surface area contributed by atoms with Crippen LogP contribution in [0.3, 0.4) is 0 Å². The second-order valence-electron chi connectivity index (χ2n) is 6.54. The van der Waals surface area contributed by atoms with Crippen LogP contribution in [0.1, 0.15) is 82.4 Å². The van der Waals surface area contributed by atoms with Crippen LogP contribution in [0.5, 0.6) is 0 Å². The predicted octanol–water partition coefficient (Wildman–Crippen LogP) is 6.14. The standard InChI is InChI=1S/C19H28/c1-6-7-8-17-18(14(4)5)12-16-10-9-15(13(2)3)11-19(16)17/h9-14,17H,6-8H2,1-5H3. The Bertz CT molecular complexity index is 463. The van der Waals surface area contributed by atoms with E-state index in [0.717, 1.165) is 0 Å². The van der Waals surface area contributed by atoms with Crippen molar-refractivity contribution in [3.05, 3.63) is 40.5 Å². The summed E-state index contributed by atoms with van der Waals surface area (Å²) in [6.45, 7) is 11.5. The van der Waals surface area contributed by atoms with Crippen molar-refractivity contribution in [3.8, 4) is 0 Å². The molecule has 0 fully saturated rings. The van der Waals surface area contributed by atoms with E-state index < -0.39 is 0 Å². The molecule has 19 heavy (non-hydrogen) atoms. The lowest BCUT2D eigenvalue weighted by atomic mass is 9.84. The molecule has 1 aliphatic carbocycles. The maximum absolute atomic E-state index is 2.46. The molecule has 0 aliphatic heterocycles. The molecule has 0 aromatic heterocycles. The molecular formula is C19H28. The topological polar surface area (TPSA) is 0 Å². The molecule has 1 aromatic carbocycles. The zero-order valence-electron chi connectivity index (χ0n) is 13.2. The summed E-state index contributed by atoms with van der Waals surface area (Å²) in [5.74, 6) is 1.96. The zero-order chi connectivity index (χ0) is 14.0. The van der Waals surface area contributed by atoms with E-state index in [9.17, 15) is 0 Å². The molecule has 0 spiro atoms. The van der Waals surface area contributed by atoms with Gasteiger partial charge in [-0.1, -0.05) is 77.3 Å². The van der Waals surface area contributed by atoms with E-state index in [0.29, 0.717) is 17.8 Å². The van der Waals surface area contributed by atoms with Crippen LogP contribution in [-0.2, 0) is 0 Å². The third-order valence-corrected chi connectivity index (χ3v) is 4.39. The maximum atomic E-state index is 2.46. The quantitative estimate of drug-likeness (QED) is 0.594. The summed E-state index contributed by atoms with van der Waals surface area (Å²) in [7, 11) is 0. The van der Waals surface area contributed by atoms with Crippen molar-refractivity contribution in [2.45, 2.75) is 65.7 Å². The summed E-state index contributed by atoms with van der Waals surface area (Å²) in [6.07, 6.45) is 6.39. The Kier molecular flexibility index (Phi) is 4.50. The van der Waals surface area contributed by atoms with Gasteiger partial charge in [0.05, 0.1) is 0 Å². The average molecular weight is 256 g/mol. The molecular weight excluding hydrogens is 228 g/mol. The van der Waals surface area contributed by atoms with Crippen molar-refractivity contribution in [1.29, 1.82) is 0 Å². The third kappa shape index (κ3) is 2.94. The van der Waals surface area contributed by atoms with E-state index >= 15 is 0 Å². The first-order valence-corrected chi connectivity index (χ1v) is 7.89. The van der Waals surface area contributed by atoms with Gasteiger partial charge in [-0.15, -0.1) is 0 Å². The molecule has 1 aliphatic rings. The van der Waals surface area contributed by atoms with Gasteiger partial charge in [0, 0.05) is 5.92 Å². The van der Waals surface area contributed by atoms with Crippen LogP contribution in [0.15, 0.2) is 23.8 Å². The molecule has 0 heterocycles. The number of fused-ring (bicyclic) bond motifs is 1. The molecule has 0 saturated heterocycles. The lowest BCUT2D eigenvalue weighted by molar-refractivity contribution is 0.594. The molecule has 0 N–H and O–H groups in total. The largest absolute Gasteiger partial charge is 0.0654 e. The number of hydrogen-bond donors (Lipinski definition) is 0. The van der Waals surface area contributed by atoms with Gasteiger partial charge in [-0.05, 0) is 34.9 Å². The first-order chi connectivity index (χ1) is 9.04. The number of hydrogen-bond acceptors (Lipinski definition) is 0. The Morgan fingerprint density at radius 1 is 1.05 bits per heavy atom. The first kappa shape index (κ1) is 14.4. The van der Waals surface area contributed by atoms with Crippen molar-refractivity contribution in [3.63, 3.8) is 0 Å². The molecule has 1 unspecified atom stereocenters. The van der Waals surface area contributed by atoms with Gasteiger partial charge in [-0.2, -0.15) is 0 Å². The Balaban J connectivity index is 2.35. The van der Waals surface area contributed by atoms with Gasteiger partial charge in [-0.3, -0.25) is 0 Å². The van der Waals surface area contributed by atoms with Gasteiger partial charge >= 0.3 is 0 Å². The molecule has 1 atom stereocenters. The summed E-state index contributed by atoms with van der Waals surface area (Å²) < 4.78 is 0. The number of benzene rings is 1. The van der Waals surface area contributed by atoms with E-state index in [-0.39, 0.29) is 0 Å². The van der Waals surface area contributed by atoms with Crippen LogP contribution in [0.4, 0.5) is 0 Å². The molecule has 1 aromatic rings. The van der Waals surface area contributed by atoms with E-state index in [2.05, 4.69) is 58.9 Å². The number of allylic oxidation sites excluding steroid dienone is 1. The number of unbranched alkanes of at least 4 members (excludes halogenated alkanes) is 1. The molecule has 0 radical (unpaired) electrons. The van der Waals surface area contributed by atoms with Gasteiger partial charge in [0.2, 0.25) is 0 Å². The van der Waals surface area contributed by atoms with Crippen molar-refractivity contribution >= 4 is 6.08 Å². The summed E-state index contributed by atoms with van der Waals surface area (Å²) in [6, 6.07) is 7.10. The normalized spacial score (nSPS) is 18.1. The fraction of sp³-hybridized carbons (Fsp3) is 0.579.